The Bertz CT molecular complexity index is 376. The minimum absolute atomic E-state index is 0.0115. The van der Waals surface area contributed by atoms with Crippen LogP contribution in [0.15, 0.2) is 35.2 Å². The summed E-state index contributed by atoms with van der Waals surface area (Å²) in [7, 11) is 0. The highest BCUT2D eigenvalue weighted by Crippen LogP contribution is 2.29. The number of thioether (sulfide) groups is 1. The molecule has 0 spiro atoms. The molecule has 1 saturated carbocycles. The van der Waals surface area contributed by atoms with Crippen molar-refractivity contribution in [2.75, 3.05) is 12.3 Å². The molecule has 1 aromatic carbocycles. The summed E-state index contributed by atoms with van der Waals surface area (Å²) in [6.45, 7) is 0.678. The van der Waals surface area contributed by atoms with E-state index in [9.17, 15) is 4.79 Å². The number of carbonyl (C=O) groups excluding carboxylic acids is 1. The zero-order valence-electron chi connectivity index (χ0n) is 9.82. The highest BCUT2D eigenvalue weighted by molar-refractivity contribution is 7.99. The number of nitrogens with two attached hydrogens (primary N) is 1. The lowest BCUT2D eigenvalue weighted by Crippen LogP contribution is -2.58. The molecule has 0 heterocycles. The molecule has 1 aromatic rings. The number of rotatable bonds is 5. The van der Waals surface area contributed by atoms with Gasteiger partial charge in [-0.2, -0.15) is 0 Å². The molecule has 2 rings (SSSR count). The lowest BCUT2D eigenvalue weighted by atomic mass is 9.77. The highest BCUT2D eigenvalue weighted by atomic mass is 32.2. The zero-order chi connectivity index (χ0) is 12.1. The predicted molar refractivity (Wildman–Crippen MR) is 70.9 cm³/mol. The molecule has 0 aromatic heterocycles. The van der Waals surface area contributed by atoms with Gasteiger partial charge in [-0.3, -0.25) is 4.79 Å². The summed E-state index contributed by atoms with van der Waals surface area (Å²) in [5, 5.41) is 2.91. The van der Waals surface area contributed by atoms with E-state index >= 15 is 0 Å². The second kappa shape index (κ2) is 5.56. The van der Waals surface area contributed by atoms with Crippen LogP contribution in [0.2, 0.25) is 0 Å². The molecule has 1 aliphatic carbocycles. The third-order valence-electron chi connectivity index (χ3n) is 3.10. The number of amides is 1. The molecule has 0 atom stereocenters. The Morgan fingerprint density at radius 2 is 2.06 bits per heavy atom. The summed E-state index contributed by atoms with van der Waals surface area (Å²) in [6, 6.07) is 10.2. The molecule has 0 saturated heterocycles. The van der Waals surface area contributed by atoms with Gasteiger partial charge < -0.3 is 11.1 Å². The Morgan fingerprint density at radius 1 is 1.35 bits per heavy atom. The molecule has 3 nitrogen and oxygen atoms in total. The highest BCUT2D eigenvalue weighted by Gasteiger charge is 2.39. The third kappa shape index (κ3) is 3.23. The van der Waals surface area contributed by atoms with Gasteiger partial charge in [0.05, 0.1) is 5.54 Å². The van der Waals surface area contributed by atoms with Crippen LogP contribution in [0.3, 0.4) is 0 Å². The van der Waals surface area contributed by atoms with Gasteiger partial charge in [-0.1, -0.05) is 18.2 Å². The van der Waals surface area contributed by atoms with Crippen molar-refractivity contribution < 1.29 is 4.79 Å². The van der Waals surface area contributed by atoms with Crippen LogP contribution in [0.1, 0.15) is 19.3 Å². The van der Waals surface area contributed by atoms with Gasteiger partial charge in [-0.15, -0.1) is 11.8 Å². The molecule has 17 heavy (non-hydrogen) atoms. The first-order valence-corrected chi connectivity index (χ1v) is 6.94. The van der Waals surface area contributed by atoms with Gasteiger partial charge in [0.2, 0.25) is 5.91 Å². The van der Waals surface area contributed by atoms with Crippen molar-refractivity contribution in [3.05, 3.63) is 30.3 Å². The van der Waals surface area contributed by atoms with Crippen LogP contribution in [-0.2, 0) is 4.79 Å². The van der Waals surface area contributed by atoms with Crippen LogP contribution >= 0.6 is 11.8 Å². The fourth-order valence-corrected chi connectivity index (χ4v) is 2.60. The van der Waals surface area contributed by atoms with E-state index < -0.39 is 5.54 Å². The van der Waals surface area contributed by atoms with E-state index in [1.807, 2.05) is 18.2 Å². The molecule has 1 amide bonds. The Hall–Kier alpha value is -1.00. The normalized spacial score (nSPS) is 17.2. The predicted octanol–water partition coefficient (Wildman–Crippen LogP) is 1.78. The van der Waals surface area contributed by atoms with Gasteiger partial charge in [0, 0.05) is 17.2 Å². The molecule has 0 unspecified atom stereocenters. The second-order valence-electron chi connectivity index (χ2n) is 4.43. The summed E-state index contributed by atoms with van der Waals surface area (Å²) in [5.41, 5.74) is 5.35. The molecule has 0 aliphatic heterocycles. The fourth-order valence-electron chi connectivity index (χ4n) is 1.81. The summed E-state index contributed by atoms with van der Waals surface area (Å²) in [5.74, 6) is 0.892. The summed E-state index contributed by atoms with van der Waals surface area (Å²) in [4.78, 5) is 12.9. The Labute approximate surface area is 106 Å². The average molecular weight is 250 g/mol. The number of benzene rings is 1. The molecule has 1 aliphatic rings. The minimum Gasteiger partial charge on any atom is -0.354 e. The van der Waals surface area contributed by atoms with Gasteiger partial charge in [0.25, 0.3) is 0 Å². The summed E-state index contributed by atoms with van der Waals surface area (Å²) < 4.78 is 0. The lowest BCUT2D eigenvalue weighted by Gasteiger charge is -2.36. The molecule has 0 radical (unpaired) electrons. The molecule has 4 heteroatoms. The monoisotopic (exact) mass is 250 g/mol. The van der Waals surface area contributed by atoms with E-state index in [0.717, 1.165) is 25.0 Å². The first kappa shape index (κ1) is 12.5. The smallest absolute Gasteiger partial charge is 0.240 e. The van der Waals surface area contributed by atoms with Gasteiger partial charge in [-0.05, 0) is 31.4 Å². The topological polar surface area (TPSA) is 55.1 Å². The van der Waals surface area contributed by atoms with E-state index in [0.29, 0.717) is 6.54 Å². The maximum Gasteiger partial charge on any atom is 0.240 e. The Kier molecular flexibility index (Phi) is 4.07. The third-order valence-corrected chi connectivity index (χ3v) is 4.11. The van der Waals surface area contributed by atoms with E-state index in [2.05, 4.69) is 17.4 Å². The maximum absolute atomic E-state index is 11.7. The van der Waals surface area contributed by atoms with Gasteiger partial charge in [0.15, 0.2) is 0 Å². The molecular weight excluding hydrogens is 232 g/mol. The first-order valence-electron chi connectivity index (χ1n) is 5.96. The molecule has 1 fully saturated rings. The SMILES string of the molecule is NC1(C(=O)NCCSc2ccccc2)CCC1. The molecule has 92 valence electrons. The second-order valence-corrected chi connectivity index (χ2v) is 5.60. The first-order chi connectivity index (χ1) is 8.21. The van der Waals surface area contributed by atoms with Gasteiger partial charge >= 0.3 is 0 Å². The van der Waals surface area contributed by atoms with Crippen LogP contribution in [0.4, 0.5) is 0 Å². The van der Waals surface area contributed by atoms with E-state index in [4.69, 9.17) is 5.73 Å². The van der Waals surface area contributed by atoms with Crippen molar-refractivity contribution in [3.63, 3.8) is 0 Å². The number of nitrogens with one attached hydrogen (secondary N) is 1. The van der Waals surface area contributed by atoms with Crippen LogP contribution in [0, 0.1) is 0 Å². The van der Waals surface area contributed by atoms with Crippen molar-refractivity contribution in [1.82, 2.24) is 5.32 Å². The van der Waals surface area contributed by atoms with E-state index in [1.54, 1.807) is 11.8 Å². The minimum atomic E-state index is -0.572. The van der Waals surface area contributed by atoms with Gasteiger partial charge in [-0.25, -0.2) is 0 Å². The molecule has 0 bridgehead atoms. The lowest BCUT2D eigenvalue weighted by molar-refractivity contribution is -0.129. The van der Waals surface area contributed by atoms with Crippen molar-refractivity contribution in [1.29, 1.82) is 0 Å². The summed E-state index contributed by atoms with van der Waals surface area (Å²) in [6.07, 6.45) is 2.72. The van der Waals surface area contributed by atoms with Crippen LogP contribution in [-0.4, -0.2) is 23.7 Å². The van der Waals surface area contributed by atoms with Crippen LogP contribution < -0.4 is 11.1 Å². The van der Waals surface area contributed by atoms with E-state index in [-0.39, 0.29) is 5.91 Å². The zero-order valence-corrected chi connectivity index (χ0v) is 10.6. The molecular formula is C13H18N2OS. The van der Waals surface area contributed by atoms with Gasteiger partial charge in [0.1, 0.15) is 0 Å². The maximum atomic E-state index is 11.7. The average Bonchev–Trinajstić information content (AvgIpc) is 2.32. The number of hydrogen-bond acceptors (Lipinski definition) is 3. The van der Waals surface area contributed by atoms with Crippen LogP contribution in [0.5, 0.6) is 0 Å². The summed E-state index contributed by atoms with van der Waals surface area (Å²) >= 11 is 1.74. The largest absolute Gasteiger partial charge is 0.354 e. The number of carbonyl (C=O) groups is 1. The molecule has 3 N–H and O–H groups in total. The van der Waals surface area contributed by atoms with E-state index in [1.165, 1.54) is 4.90 Å². The Balaban J connectivity index is 1.65. The van der Waals surface area contributed by atoms with Crippen molar-refractivity contribution in [3.8, 4) is 0 Å². The van der Waals surface area contributed by atoms with Crippen LogP contribution in [0.25, 0.3) is 0 Å². The standard InChI is InChI=1S/C13H18N2OS/c14-13(7-4-8-13)12(16)15-9-10-17-11-5-2-1-3-6-11/h1-3,5-6H,4,7-10,14H2,(H,15,16). The quantitative estimate of drug-likeness (QED) is 0.618. The fraction of sp³-hybridized carbons (Fsp3) is 0.462. The Morgan fingerprint density at radius 3 is 2.65 bits per heavy atom. The van der Waals surface area contributed by atoms with Crippen molar-refractivity contribution in [2.24, 2.45) is 5.73 Å². The van der Waals surface area contributed by atoms with Crippen molar-refractivity contribution in [2.45, 2.75) is 29.7 Å². The number of hydrogen-bond donors (Lipinski definition) is 2. The van der Waals surface area contributed by atoms with Crippen molar-refractivity contribution >= 4 is 17.7 Å².